The number of rotatable bonds is 6. The number of nitrogens with one attached hydrogen (secondary N) is 2. The van der Waals surface area contributed by atoms with Crippen LogP contribution in [-0.4, -0.2) is 46.9 Å². The maximum absolute atomic E-state index is 13.5. The van der Waals surface area contributed by atoms with E-state index in [0.717, 1.165) is 16.7 Å². The van der Waals surface area contributed by atoms with Gasteiger partial charge in [0.05, 0.1) is 10.0 Å². The zero-order valence-electron chi connectivity index (χ0n) is 20.2. The third-order valence-corrected chi connectivity index (χ3v) is 6.80. The van der Waals surface area contributed by atoms with E-state index >= 15 is 0 Å². The molecule has 192 valence electrons. The Balaban J connectivity index is 1.58. The number of hydrogen-bond acceptors (Lipinski definition) is 4. The number of nitrogens with zero attached hydrogens (tertiary/aromatic N) is 2. The molecule has 0 spiro atoms. The molecule has 1 heterocycles. The van der Waals surface area contributed by atoms with Crippen molar-refractivity contribution in [2.75, 3.05) is 18.4 Å². The van der Waals surface area contributed by atoms with Crippen LogP contribution in [0.1, 0.15) is 27.0 Å². The van der Waals surface area contributed by atoms with Gasteiger partial charge in [0.2, 0.25) is 0 Å². The summed E-state index contributed by atoms with van der Waals surface area (Å²) >= 11 is 12.1. The Morgan fingerprint density at radius 3 is 2.38 bits per heavy atom. The van der Waals surface area contributed by atoms with Crippen molar-refractivity contribution in [1.29, 1.82) is 0 Å². The second-order valence-corrected chi connectivity index (χ2v) is 9.55. The normalized spacial score (nSPS) is 15.0. The number of halogens is 2. The molecule has 3 aromatic carbocycles. The molecule has 0 saturated carbocycles. The van der Waals surface area contributed by atoms with E-state index in [2.05, 4.69) is 10.6 Å². The lowest BCUT2D eigenvalue weighted by molar-refractivity contribution is -0.128. The summed E-state index contributed by atoms with van der Waals surface area (Å²) in [5, 5.41) is 6.23. The predicted octanol–water partition coefficient (Wildman–Crippen LogP) is 4.39. The van der Waals surface area contributed by atoms with Gasteiger partial charge in [0.15, 0.2) is 6.17 Å². The number of amides is 4. The second kappa shape index (κ2) is 11.6. The smallest absolute Gasteiger partial charge is 0.323 e. The van der Waals surface area contributed by atoms with Crippen LogP contribution < -0.4 is 16.4 Å². The first-order valence-corrected chi connectivity index (χ1v) is 12.5. The predicted molar refractivity (Wildman–Crippen MR) is 144 cm³/mol. The molecule has 1 saturated heterocycles. The monoisotopic (exact) mass is 539 g/mol. The van der Waals surface area contributed by atoms with E-state index in [4.69, 9.17) is 28.9 Å². The Morgan fingerprint density at radius 1 is 0.919 bits per heavy atom. The van der Waals surface area contributed by atoms with Crippen LogP contribution in [0.15, 0.2) is 66.7 Å². The Bertz CT molecular complexity index is 1330. The maximum atomic E-state index is 13.5. The van der Waals surface area contributed by atoms with Crippen molar-refractivity contribution < 1.29 is 14.4 Å². The number of anilines is 1. The number of urea groups is 1. The topological polar surface area (TPSA) is 108 Å². The van der Waals surface area contributed by atoms with Gasteiger partial charge in [-0.1, -0.05) is 59.6 Å². The highest BCUT2D eigenvalue weighted by atomic mass is 35.5. The highest BCUT2D eigenvalue weighted by Crippen LogP contribution is 2.26. The van der Waals surface area contributed by atoms with E-state index in [1.54, 1.807) is 12.1 Å². The van der Waals surface area contributed by atoms with Crippen molar-refractivity contribution in [3.8, 4) is 0 Å². The summed E-state index contributed by atoms with van der Waals surface area (Å²) in [6.45, 7) is 2.85. The fourth-order valence-corrected chi connectivity index (χ4v) is 4.49. The third kappa shape index (κ3) is 6.22. The molecule has 3 aromatic rings. The van der Waals surface area contributed by atoms with E-state index in [-0.39, 0.29) is 30.2 Å². The molecule has 1 unspecified atom stereocenters. The quantitative estimate of drug-likeness (QED) is 0.431. The van der Waals surface area contributed by atoms with Gasteiger partial charge in [0, 0.05) is 37.4 Å². The molecule has 1 fully saturated rings. The Hall–Kier alpha value is -3.59. The molecule has 0 radical (unpaired) electrons. The summed E-state index contributed by atoms with van der Waals surface area (Å²) in [6, 6.07) is 18.9. The molecule has 0 bridgehead atoms. The van der Waals surface area contributed by atoms with Crippen molar-refractivity contribution in [1.82, 2.24) is 15.1 Å². The number of hydrogen-bond donors (Lipinski definition) is 3. The first-order chi connectivity index (χ1) is 17.8. The molecule has 37 heavy (non-hydrogen) atoms. The van der Waals surface area contributed by atoms with Gasteiger partial charge in [0.1, 0.15) is 0 Å². The summed E-state index contributed by atoms with van der Waals surface area (Å²) in [6.07, 6.45) is -1.16. The van der Waals surface area contributed by atoms with Crippen LogP contribution in [0, 0.1) is 6.92 Å². The van der Waals surface area contributed by atoms with E-state index in [9.17, 15) is 14.4 Å². The fraction of sp³-hybridized carbons (Fsp3) is 0.222. The van der Waals surface area contributed by atoms with Crippen LogP contribution >= 0.6 is 23.2 Å². The van der Waals surface area contributed by atoms with Crippen molar-refractivity contribution >= 4 is 46.7 Å². The lowest BCUT2D eigenvalue weighted by atomic mass is 10.1. The minimum atomic E-state index is -1.16. The lowest BCUT2D eigenvalue weighted by Gasteiger charge is -2.29. The summed E-state index contributed by atoms with van der Waals surface area (Å²) < 4.78 is 0. The first-order valence-electron chi connectivity index (χ1n) is 11.7. The molecule has 1 aliphatic heterocycles. The molecule has 1 aliphatic rings. The fourth-order valence-electron chi connectivity index (χ4n) is 4.20. The number of carbonyl (C=O) groups is 3. The molecule has 0 aliphatic carbocycles. The van der Waals surface area contributed by atoms with Crippen molar-refractivity contribution in [2.24, 2.45) is 5.73 Å². The van der Waals surface area contributed by atoms with Gasteiger partial charge in [-0.25, -0.2) is 4.79 Å². The van der Waals surface area contributed by atoms with Crippen LogP contribution in [-0.2, 0) is 17.9 Å². The summed E-state index contributed by atoms with van der Waals surface area (Å²) in [4.78, 5) is 42.8. The van der Waals surface area contributed by atoms with Gasteiger partial charge in [-0.05, 0) is 53.9 Å². The second-order valence-electron chi connectivity index (χ2n) is 8.74. The minimum absolute atomic E-state index is 0.168. The maximum Gasteiger partial charge on any atom is 0.323 e. The molecule has 1 atom stereocenters. The average Bonchev–Trinajstić information content (AvgIpc) is 3.34. The SMILES string of the molecule is Cc1cccc(NC(=O)N2CCN(C(=O)c3ccc(Cl)c(Cl)c3)C2C(=O)NCc2cccc(CN)c2)c1. The minimum Gasteiger partial charge on any atom is -0.349 e. The van der Waals surface area contributed by atoms with Gasteiger partial charge < -0.3 is 21.3 Å². The van der Waals surface area contributed by atoms with Gasteiger partial charge in [-0.2, -0.15) is 0 Å². The zero-order chi connectivity index (χ0) is 26.5. The number of carbonyl (C=O) groups excluding carboxylic acids is 3. The molecule has 4 N–H and O–H groups in total. The van der Waals surface area contributed by atoms with E-state index in [1.165, 1.54) is 21.9 Å². The molecule has 0 aromatic heterocycles. The third-order valence-electron chi connectivity index (χ3n) is 6.06. The molecular formula is C27H27Cl2N5O3. The van der Waals surface area contributed by atoms with Crippen LogP contribution in [0.3, 0.4) is 0 Å². The average molecular weight is 540 g/mol. The van der Waals surface area contributed by atoms with Gasteiger partial charge >= 0.3 is 6.03 Å². The summed E-state index contributed by atoms with van der Waals surface area (Å²) in [7, 11) is 0. The molecule has 4 amide bonds. The Labute approximate surface area is 225 Å². The van der Waals surface area contributed by atoms with Crippen molar-refractivity contribution in [3.63, 3.8) is 0 Å². The van der Waals surface area contributed by atoms with Gasteiger partial charge in [-0.3, -0.25) is 14.5 Å². The molecule has 10 heteroatoms. The standard InChI is InChI=1S/C27H27Cl2N5O3/c1-17-4-2-7-21(12-17)32-27(37)34-11-10-33(26(36)20-8-9-22(28)23(29)14-20)25(34)24(35)31-16-19-6-3-5-18(13-19)15-30/h2-9,12-14,25H,10-11,15-16,30H2,1H3,(H,31,35)(H,32,37). The largest absolute Gasteiger partial charge is 0.349 e. The molecule has 8 nitrogen and oxygen atoms in total. The first kappa shape index (κ1) is 26.5. The highest BCUT2D eigenvalue weighted by Gasteiger charge is 2.43. The zero-order valence-corrected chi connectivity index (χ0v) is 21.7. The lowest BCUT2D eigenvalue weighted by Crippen LogP contribution is -2.54. The summed E-state index contributed by atoms with van der Waals surface area (Å²) in [5.41, 5.74) is 9.35. The Morgan fingerprint density at radius 2 is 1.65 bits per heavy atom. The summed E-state index contributed by atoms with van der Waals surface area (Å²) in [5.74, 6) is -0.918. The van der Waals surface area contributed by atoms with Crippen LogP contribution in [0.25, 0.3) is 0 Å². The molecular weight excluding hydrogens is 513 g/mol. The van der Waals surface area contributed by atoms with E-state index in [1.807, 2.05) is 49.4 Å². The van der Waals surface area contributed by atoms with E-state index in [0.29, 0.717) is 17.3 Å². The van der Waals surface area contributed by atoms with E-state index < -0.39 is 24.0 Å². The van der Waals surface area contributed by atoms with Gasteiger partial charge in [-0.15, -0.1) is 0 Å². The number of nitrogens with two attached hydrogens (primary N) is 1. The van der Waals surface area contributed by atoms with Crippen LogP contribution in [0.5, 0.6) is 0 Å². The number of benzene rings is 3. The van der Waals surface area contributed by atoms with Crippen LogP contribution in [0.2, 0.25) is 10.0 Å². The van der Waals surface area contributed by atoms with Crippen molar-refractivity contribution in [3.05, 3.63) is 99.0 Å². The van der Waals surface area contributed by atoms with Gasteiger partial charge in [0.25, 0.3) is 11.8 Å². The highest BCUT2D eigenvalue weighted by molar-refractivity contribution is 6.42. The van der Waals surface area contributed by atoms with Crippen molar-refractivity contribution in [2.45, 2.75) is 26.2 Å². The molecule has 4 rings (SSSR count). The Kier molecular flexibility index (Phi) is 8.33. The number of aryl methyl sites for hydroxylation is 1. The van der Waals surface area contributed by atoms with Crippen LogP contribution in [0.4, 0.5) is 10.5 Å².